The summed E-state index contributed by atoms with van der Waals surface area (Å²) in [5, 5.41) is 7.47. The van der Waals surface area contributed by atoms with Crippen molar-refractivity contribution in [1.82, 2.24) is 10.2 Å². The minimum Gasteiger partial charge on any atom is -0.462 e. The predicted molar refractivity (Wildman–Crippen MR) is 129 cm³/mol. The monoisotopic (exact) mass is 501 g/mol. The molecule has 0 unspecified atom stereocenters. The van der Waals surface area contributed by atoms with Crippen LogP contribution >= 0.6 is 15.9 Å². The quantitative estimate of drug-likeness (QED) is 0.352. The van der Waals surface area contributed by atoms with Gasteiger partial charge >= 0.3 is 5.97 Å². The molecule has 1 amide bonds. The third-order valence-electron chi connectivity index (χ3n) is 5.64. The molecular formula is C26H20BrN3O3. The van der Waals surface area contributed by atoms with Crippen molar-refractivity contribution in [3.8, 4) is 11.3 Å². The third kappa shape index (κ3) is 3.74. The van der Waals surface area contributed by atoms with Gasteiger partial charge in [-0.1, -0.05) is 58.4 Å². The van der Waals surface area contributed by atoms with Crippen LogP contribution in [0.5, 0.6) is 0 Å². The van der Waals surface area contributed by atoms with Crippen molar-refractivity contribution < 1.29 is 14.3 Å². The van der Waals surface area contributed by atoms with Crippen molar-refractivity contribution in [3.63, 3.8) is 0 Å². The maximum absolute atomic E-state index is 13.6. The molecule has 1 aromatic heterocycles. The second-order valence-corrected chi connectivity index (χ2v) is 8.54. The number of benzene rings is 3. The van der Waals surface area contributed by atoms with Gasteiger partial charge in [0.25, 0.3) is 5.91 Å². The summed E-state index contributed by atoms with van der Waals surface area (Å²) in [6.07, 6.45) is 0. The van der Waals surface area contributed by atoms with Gasteiger partial charge in [-0.25, -0.2) is 4.79 Å². The number of aromatic amines is 1. The van der Waals surface area contributed by atoms with Crippen molar-refractivity contribution >= 4 is 33.5 Å². The molecule has 5 rings (SSSR count). The molecule has 0 spiro atoms. The Bertz CT molecular complexity index is 1330. The molecule has 6 nitrogen and oxygen atoms in total. The number of esters is 1. The molecule has 3 aromatic carbocycles. The van der Waals surface area contributed by atoms with E-state index >= 15 is 0 Å². The van der Waals surface area contributed by atoms with Gasteiger partial charge in [0.2, 0.25) is 0 Å². The van der Waals surface area contributed by atoms with Gasteiger partial charge in [0.15, 0.2) is 0 Å². The highest BCUT2D eigenvalue weighted by atomic mass is 79.9. The number of aromatic nitrogens is 2. The van der Waals surface area contributed by atoms with Crippen molar-refractivity contribution in [3.05, 3.63) is 106 Å². The summed E-state index contributed by atoms with van der Waals surface area (Å²) in [6, 6.07) is 24.3. The number of carbonyl (C=O) groups is 2. The average Bonchev–Trinajstić information content (AvgIpc) is 3.39. The van der Waals surface area contributed by atoms with Crippen LogP contribution in [0.25, 0.3) is 11.3 Å². The predicted octanol–water partition coefficient (Wildman–Crippen LogP) is 5.77. The van der Waals surface area contributed by atoms with E-state index in [1.807, 2.05) is 54.6 Å². The number of carbonyl (C=O) groups excluding carboxylic acids is 2. The lowest BCUT2D eigenvalue weighted by Gasteiger charge is -2.26. The number of nitrogens with one attached hydrogen (secondary N) is 1. The molecule has 0 bridgehead atoms. The Morgan fingerprint density at radius 2 is 1.82 bits per heavy atom. The molecule has 0 aliphatic carbocycles. The molecule has 7 heteroatoms. The molecule has 1 aliphatic rings. The number of rotatable bonds is 5. The Morgan fingerprint density at radius 3 is 2.52 bits per heavy atom. The first kappa shape index (κ1) is 21.2. The zero-order chi connectivity index (χ0) is 22.9. The van der Waals surface area contributed by atoms with Gasteiger partial charge in [-0.15, -0.1) is 0 Å². The Morgan fingerprint density at radius 1 is 1.06 bits per heavy atom. The number of H-pyrrole nitrogens is 1. The van der Waals surface area contributed by atoms with Crippen LogP contribution in [0, 0.1) is 0 Å². The zero-order valence-corrected chi connectivity index (χ0v) is 19.4. The standard InChI is InChI=1S/C26H20BrN3O3/c1-2-33-26(32)17-11-13-20(14-12-17)30-24(18-9-6-10-19(27)15-18)21-22(16-7-4-3-5-8-16)28-29-23(21)25(30)31/h3-15,24H,2H2,1H3,(H,28,29)/t24-/m0/s1. The number of hydrogen-bond donors (Lipinski definition) is 1. The Kier molecular flexibility index (Phi) is 5.56. The molecular weight excluding hydrogens is 482 g/mol. The van der Waals surface area contributed by atoms with Gasteiger partial charge in [-0.3, -0.25) is 14.8 Å². The van der Waals surface area contributed by atoms with Crippen molar-refractivity contribution in [1.29, 1.82) is 0 Å². The third-order valence-corrected chi connectivity index (χ3v) is 6.13. The second-order valence-electron chi connectivity index (χ2n) is 7.63. The van der Waals surface area contributed by atoms with E-state index < -0.39 is 0 Å². The molecule has 33 heavy (non-hydrogen) atoms. The second kappa shape index (κ2) is 8.67. The molecule has 0 saturated carbocycles. The molecule has 2 heterocycles. The van der Waals surface area contributed by atoms with E-state index in [1.54, 1.807) is 36.1 Å². The van der Waals surface area contributed by atoms with E-state index in [0.717, 1.165) is 26.9 Å². The van der Waals surface area contributed by atoms with Gasteiger partial charge in [-0.2, -0.15) is 5.10 Å². The Balaban J connectivity index is 1.64. The van der Waals surface area contributed by atoms with Crippen LogP contribution in [0.4, 0.5) is 5.69 Å². The molecule has 4 aromatic rings. The van der Waals surface area contributed by atoms with Gasteiger partial charge in [0, 0.05) is 21.3 Å². The van der Waals surface area contributed by atoms with Crippen LogP contribution < -0.4 is 4.90 Å². The van der Waals surface area contributed by atoms with E-state index in [1.165, 1.54) is 0 Å². The Hall–Kier alpha value is -3.71. The average molecular weight is 502 g/mol. The highest BCUT2D eigenvalue weighted by Crippen LogP contribution is 2.45. The summed E-state index contributed by atoms with van der Waals surface area (Å²) in [7, 11) is 0. The fourth-order valence-electron chi connectivity index (χ4n) is 4.19. The Labute approximate surface area is 199 Å². The largest absolute Gasteiger partial charge is 0.462 e. The first-order valence-corrected chi connectivity index (χ1v) is 11.4. The number of fused-ring (bicyclic) bond motifs is 1. The lowest BCUT2D eigenvalue weighted by Crippen LogP contribution is -2.29. The normalized spacial score (nSPS) is 14.9. The van der Waals surface area contributed by atoms with Crippen LogP contribution in [0.3, 0.4) is 0 Å². The van der Waals surface area contributed by atoms with E-state index in [2.05, 4.69) is 26.1 Å². The van der Waals surface area contributed by atoms with E-state index in [4.69, 9.17) is 4.74 Å². The van der Waals surface area contributed by atoms with Crippen molar-refractivity contribution in [2.24, 2.45) is 0 Å². The topological polar surface area (TPSA) is 75.3 Å². The lowest BCUT2D eigenvalue weighted by molar-refractivity contribution is 0.0526. The summed E-state index contributed by atoms with van der Waals surface area (Å²) >= 11 is 3.56. The maximum Gasteiger partial charge on any atom is 0.338 e. The first-order chi connectivity index (χ1) is 16.1. The van der Waals surface area contributed by atoms with Crippen LogP contribution in [-0.2, 0) is 4.74 Å². The fraction of sp³-hybridized carbons (Fsp3) is 0.115. The van der Waals surface area contributed by atoms with Crippen molar-refractivity contribution in [2.45, 2.75) is 13.0 Å². The van der Waals surface area contributed by atoms with E-state index in [-0.39, 0.29) is 17.9 Å². The van der Waals surface area contributed by atoms with Crippen LogP contribution in [-0.4, -0.2) is 28.7 Å². The molecule has 0 radical (unpaired) electrons. The number of hydrogen-bond acceptors (Lipinski definition) is 4. The molecule has 0 saturated heterocycles. The van der Waals surface area contributed by atoms with Crippen molar-refractivity contribution in [2.75, 3.05) is 11.5 Å². The number of nitrogens with zero attached hydrogens (tertiary/aromatic N) is 2. The zero-order valence-electron chi connectivity index (χ0n) is 17.8. The molecule has 0 fully saturated rings. The number of amides is 1. The summed E-state index contributed by atoms with van der Waals surface area (Å²) in [6.45, 7) is 2.07. The highest BCUT2D eigenvalue weighted by molar-refractivity contribution is 9.10. The lowest BCUT2D eigenvalue weighted by atomic mass is 9.96. The molecule has 1 atom stereocenters. The summed E-state index contributed by atoms with van der Waals surface area (Å²) in [5.74, 6) is -0.560. The van der Waals surface area contributed by atoms with Crippen LogP contribution in [0.1, 0.15) is 44.9 Å². The fourth-order valence-corrected chi connectivity index (χ4v) is 4.61. The highest BCUT2D eigenvalue weighted by Gasteiger charge is 2.43. The maximum atomic E-state index is 13.6. The van der Waals surface area contributed by atoms with Gasteiger partial charge in [-0.05, 0) is 48.9 Å². The first-order valence-electron chi connectivity index (χ1n) is 10.6. The molecule has 1 N–H and O–H groups in total. The van der Waals surface area contributed by atoms with Crippen LogP contribution in [0.2, 0.25) is 0 Å². The van der Waals surface area contributed by atoms with E-state index in [9.17, 15) is 9.59 Å². The van der Waals surface area contributed by atoms with E-state index in [0.29, 0.717) is 23.6 Å². The van der Waals surface area contributed by atoms with Gasteiger partial charge < -0.3 is 4.74 Å². The number of anilines is 1. The van der Waals surface area contributed by atoms with Gasteiger partial charge in [0.05, 0.1) is 23.9 Å². The number of ether oxygens (including phenoxy) is 1. The SMILES string of the molecule is CCOC(=O)c1ccc(N2C(=O)c3[nH]nc(-c4ccccc4)c3[C@@H]2c2cccc(Br)c2)cc1. The minimum absolute atomic E-state index is 0.173. The molecule has 1 aliphatic heterocycles. The number of halogens is 1. The van der Waals surface area contributed by atoms with Crippen LogP contribution in [0.15, 0.2) is 83.3 Å². The summed E-state index contributed by atoms with van der Waals surface area (Å²) in [5.41, 5.74) is 5.05. The molecule has 164 valence electrons. The summed E-state index contributed by atoms with van der Waals surface area (Å²) < 4.78 is 6.00. The van der Waals surface area contributed by atoms with Gasteiger partial charge in [0.1, 0.15) is 5.69 Å². The minimum atomic E-state index is -0.388. The summed E-state index contributed by atoms with van der Waals surface area (Å²) in [4.78, 5) is 27.4. The smallest absolute Gasteiger partial charge is 0.338 e.